The van der Waals surface area contributed by atoms with E-state index in [0.29, 0.717) is 0 Å². The molecule has 0 aliphatic carbocycles. The minimum absolute atomic E-state index is 0.250. The van der Waals surface area contributed by atoms with E-state index in [1.807, 2.05) is 24.3 Å². The number of aromatic nitrogens is 1. The molecule has 0 bridgehead atoms. The molecule has 0 saturated heterocycles. The van der Waals surface area contributed by atoms with Crippen LogP contribution in [0.1, 0.15) is 0 Å². The smallest absolute Gasteiger partial charge is 0.290 e. The number of carbonyl (C=O) groups is 1. The van der Waals surface area contributed by atoms with Gasteiger partial charge in [-0.1, -0.05) is 12.1 Å². The number of benzene rings is 1. The lowest BCUT2D eigenvalue weighted by molar-refractivity contribution is -0.122. The number of oxazole rings is 1. The number of hydrogen-bond donors (Lipinski definition) is 1. The zero-order chi connectivity index (χ0) is 8.81. The van der Waals surface area contributed by atoms with Crippen LogP contribution in [0, 0.1) is 0 Å². The van der Waals surface area contributed by atoms with Crippen molar-refractivity contribution in [2.24, 2.45) is 0 Å². The van der Waals surface area contributed by atoms with Crippen molar-refractivity contribution in [1.82, 2.24) is 4.98 Å². The Hall–Kier alpha value is -1.84. The SMILES string of the molecule is O=CO.c1ccc2ocnc2c1. The molecule has 1 aromatic carbocycles. The molecule has 12 heavy (non-hydrogen) atoms. The second-order valence-corrected chi connectivity index (χ2v) is 1.93. The van der Waals surface area contributed by atoms with Gasteiger partial charge in [-0.15, -0.1) is 0 Å². The van der Waals surface area contributed by atoms with Crippen LogP contribution in [0.2, 0.25) is 0 Å². The Kier molecular flexibility index (Phi) is 2.84. The highest BCUT2D eigenvalue weighted by atomic mass is 16.3. The maximum Gasteiger partial charge on any atom is 0.290 e. The van der Waals surface area contributed by atoms with Crippen molar-refractivity contribution in [1.29, 1.82) is 0 Å². The maximum atomic E-state index is 8.36. The van der Waals surface area contributed by atoms with Crippen molar-refractivity contribution in [2.45, 2.75) is 0 Å². The van der Waals surface area contributed by atoms with E-state index in [1.54, 1.807) is 0 Å². The van der Waals surface area contributed by atoms with E-state index < -0.39 is 0 Å². The minimum Gasteiger partial charge on any atom is -0.483 e. The standard InChI is InChI=1S/C7H5NO.CH2O2/c1-2-4-7-6(3-1)8-5-9-7;2-1-3/h1-5H;1H,(H,2,3). The molecule has 0 saturated carbocycles. The Labute approximate surface area is 68.5 Å². The van der Waals surface area contributed by atoms with E-state index >= 15 is 0 Å². The molecule has 4 nitrogen and oxygen atoms in total. The van der Waals surface area contributed by atoms with Crippen molar-refractivity contribution in [3.63, 3.8) is 0 Å². The first-order valence-corrected chi connectivity index (χ1v) is 3.24. The molecule has 1 aromatic heterocycles. The van der Waals surface area contributed by atoms with Crippen LogP contribution in [0.25, 0.3) is 11.1 Å². The van der Waals surface area contributed by atoms with Crippen molar-refractivity contribution in [3.05, 3.63) is 30.7 Å². The van der Waals surface area contributed by atoms with E-state index in [9.17, 15) is 0 Å². The first-order valence-electron chi connectivity index (χ1n) is 3.24. The van der Waals surface area contributed by atoms with Gasteiger partial charge in [-0.3, -0.25) is 4.79 Å². The fourth-order valence-electron chi connectivity index (χ4n) is 0.803. The van der Waals surface area contributed by atoms with Gasteiger partial charge in [0.25, 0.3) is 6.47 Å². The molecule has 0 amide bonds. The zero-order valence-electron chi connectivity index (χ0n) is 6.18. The average Bonchev–Trinajstić information content (AvgIpc) is 2.52. The number of para-hydroxylation sites is 2. The molecule has 0 radical (unpaired) electrons. The van der Waals surface area contributed by atoms with Gasteiger partial charge in [-0.25, -0.2) is 4.98 Å². The van der Waals surface area contributed by atoms with Crippen LogP contribution in [0.4, 0.5) is 0 Å². The van der Waals surface area contributed by atoms with Gasteiger partial charge in [0, 0.05) is 0 Å². The van der Waals surface area contributed by atoms with Crippen molar-refractivity contribution in [2.75, 3.05) is 0 Å². The Bertz CT molecular complexity index is 326. The van der Waals surface area contributed by atoms with Gasteiger partial charge >= 0.3 is 0 Å². The van der Waals surface area contributed by atoms with Crippen LogP contribution in [0.3, 0.4) is 0 Å². The van der Waals surface area contributed by atoms with Crippen molar-refractivity contribution < 1.29 is 14.3 Å². The van der Waals surface area contributed by atoms with E-state index in [1.165, 1.54) is 6.39 Å². The van der Waals surface area contributed by atoms with Crippen LogP contribution in [0.15, 0.2) is 35.1 Å². The molecule has 1 N–H and O–H groups in total. The zero-order valence-corrected chi connectivity index (χ0v) is 6.18. The Morgan fingerprint density at radius 1 is 1.42 bits per heavy atom. The van der Waals surface area contributed by atoms with Crippen LogP contribution >= 0.6 is 0 Å². The Morgan fingerprint density at radius 2 is 2.08 bits per heavy atom. The molecular formula is C8H7NO3. The third-order valence-electron chi connectivity index (χ3n) is 1.24. The van der Waals surface area contributed by atoms with Gasteiger partial charge in [0.1, 0.15) is 5.52 Å². The van der Waals surface area contributed by atoms with Gasteiger partial charge in [-0.2, -0.15) is 0 Å². The summed E-state index contributed by atoms with van der Waals surface area (Å²) in [6, 6.07) is 7.67. The summed E-state index contributed by atoms with van der Waals surface area (Å²) in [6.07, 6.45) is 1.45. The predicted molar refractivity (Wildman–Crippen MR) is 42.7 cm³/mol. The number of carboxylic acid groups (broad SMARTS) is 1. The first kappa shape index (κ1) is 8.26. The lowest BCUT2D eigenvalue weighted by atomic mass is 10.3. The summed E-state index contributed by atoms with van der Waals surface area (Å²) in [5.41, 5.74) is 1.76. The summed E-state index contributed by atoms with van der Waals surface area (Å²) in [4.78, 5) is 12.3. The molecule has 0 atom stereocenters. The second kappa shape index (κ2) is 4.12. The van der Waals surface area contributed by atoms with Gasteiger partial charge < -0.3 is 9.52 Å². The number of rotatable bonds is 0. The monoisotopic (exact) mass is 165 g/mol. The van der Waals surface area contributed by atoms with E-state index in [-0.39, 0.29) is 6.47 Å². The Morgan fingerprint density at radius 3 is 2.75 bits per heavy atom. The van der Waals surface area contributed by atoms with Crippen LogP contribution in [0.5, 0.6) is 0 Å². The molecule has 4 heteroatoms. The predicted octanol–water partition coefficient (Wildman–Crippen LogP) is 1.53. The quantitative estimate of drug-likeness (QED) is 0.601. The fraction of sp³-hybridized carbons (Fsp3) is 0. The van der Waals surface area contributed by atoms with Crippen molar-refractivity contribution in [3.8, 4) is 0 Å². The molecule has 0 spiro atoms. The molecule has 0 aliphatic heterocycles. The van der Waals surface area contributed by atoms with E-state index in [4.69, 9.17) is 14.3 Å². The van der Waals surface area contributed by atoms with Gasteiger partial charge in [-0.05, 0) is 12.1 Å². The van der Waals surface area contributed by atoms with Crippen LogP contribution < -0.4 is 0 Å². The number of fused-ring (bicyclic) bond motifs is 1. The third kappa shape index (κ3) is 1.82. The number of nitrogens with zero attached hydrogens (tertiary/aromatic N) is 1. The average molecular weight is 165 g/mol. The summed E-state index contributed by atoms with van der Waals surface area (Å²) in [6.45, 7) is -0.250. The molecule has 2 rings (SSSR count). The molecule has 0 unspecified atom stereocenters. The van der Waals surface area contributed by atoms with Crippen LogP contribution in [-0.4, -0.2) is 16.6 Å². The summed E-state index contributed by atoms with van der Waals surface area (Å²) < 4.78 is 5.01. The lowest BCUT2D eigenvalue weighted by Crippen LogP contribution is -1.61. The molecule has 2 aromatic rings. The molecule has 62 valence electrons. The highest BCUT2D eigenvalue weighted by Crippen LogP contribution is 2.09. The highest BCUT2D eigenvalue weighted by molar-refractivity contribution is 5.71. The van der Waals surface area contributed by atoms with E-state index in [2.05, 4.69) is 4.98 Å². The van der Waals surface area contributed by atoms with Gasteiger partial charge in [0.2, 0.25) is 0 Å². The summed E-state index contributed by atoms with van der Waals surface area (Å²) in [5, 5.41) is 6.89. The second-order valence-electron chi connectivity index (χ2n) is 1.93. The summed E-state index contributed by atoms with van der Waals surface area (Å²) in [7, 11) is 0. The molecule has 0 aliphatic rings. The third-order valence-corrected chi connectivity index (χ3v) is 1.24. The topological polar surface area (TPSA) is 63.3 Å². The Balaban J connectivity index is 0.000000213. The van der Waals surface area contributed by atoms with Gasteiger partial charge in [0.05, 0.1) is 0 Å². The minimum atomic E-state index is -0.250. The lowest BCUT2D eigenvalue weighted by Gasteiger charge is -1.79. The fourth-order valence-corrected chi connectivity index (χ4v) is 0.803. The largest absolute Gasteiger partial charge is 0.483 e. The number of hydrogen-bond acceptors (Lipinski definition) is 3. The molecule has 0 fully saturated rings. The summed E-state index contributed by atoms with van der Waals surface area (Å²) in [5.74, 6) is 0. The summed E-state index contributed by atoms with van der Waals surface area (Å²) >= 11 is 0. The normalized spacial score (nSPS) is 8.67. The van der Waals surface area contributed by atoms with Crippen LogP contribution in [-0.2, 0) is 4.79 Å². The first-order chi connectivity index (χ1) is 5.88. The van der Waals surface area contributed by atoms with Crippen molar-refractivity contribution >= 4 is 17.6 Å². The molecular weight excluding hydrogens is 158 g/mol. The highest BCUT2D eigenvalue weighted by Gasteiger charge is 1.91. The van der Waals surface area contributed by atoms with Gasteiger partial charge in [0.15, 0.2) is 12.0 Å². The molecule has 1 heterocycles. The van der Waals surface area contributed by atoms with E-state index in [0.717, 1.165) is 11.1 Å². The maximum absolute atomic E-state index is 8.36.